The number of rotatable bonds is 3. The number of fused-ring (bicyclic) bond motifs is 1. The molecule has 21 heavy (non-hydrogen) atoms. The summed E-state index contributed by atoms with van der Waals surface area (Å²) in [5, 5.41) is 16.3. The van der Waals surface area contributed by atoms with Crippen molar-refractivity contribution in [3.8, 4) is 0 Å². The molecule has 0 bridgehead atoms. The van der Waals surface area contributed by atoms with Crippen molar-refractivity contribution in [2.45, 2.75) is 82.3 Å². The average molecular weight is 294 g/mol. The number of aliphatic hydroxyl groups is 1. The van der Waals surface area contributed by atoms with E-state index in [1.807, 2.05) is 0 Å². The molecule has 1 heterocycles. The first-order valence-corrected chi connectivity index (χ1v) is 8.95. The summed E-state index contributed by atoms with van der Waals surface area (Å²) in [7, 11) is 0. The first kappa shape index (κ1) is 15.3. The molecule has 0 aromatic carbocycles. The largest absolute Gasteiger partial charge is 0.396 e. The molecule has 4 heteroatoms. The first-order valence-electron chi connectivity index (χ1n) is 8.95. The summed E-state index contributed by atoms with van der Waals surface area (Å²) in [5.41, 5.74) is 0. The van der Waals surface area contributed by atoms with Crippen molar-refractivity contribution in [3.05, 3.63) is 0 Å². The van der Waals surface area contributed by atoms with E-state index >= 15 is 0 Å². The van der Waals surface area contributed by atoms with Crippen LogP contribution in [0.15, 0.2) is 0 Å². The van der Waals surface area contributed by atoms with Crippen molar-refractivity contribution in [3.63, 3.8) is 0 Å². The van der Waals surface area contributed by atoms with Gasteiger partial charge in [-0.2, -0.15) is 0 Å². The van der Waals surface area contributed by atoms with E-state index in [9.17, 15) is 9.90 Å². The van der Waals surface area contributed by atoms with Gasteiger partial charge in [-0.1, -0.05) is 25.7 Å². The van der Waals surface area contributed by atoms with Crippen LogP contribution in [-0.2, 0) is 4.79 Å². The fourth-order valence-electron chi connectivity index (χ4n) is 4.60. The Morgan fingerprint density at radius 1 is 1.00 bits per heavy atom. The van der Waals surface area contributed by atoms with Crippen molar-refractivity contribution in [1.82, 2.24) is 10.6 Å². The number of hydrogen-bond donors (Lipinski definition) is 3. The van der Waals surface area contributed by atoms with Gasteiger partial charge in [0.15, 0.2) is 0 Å². The van der Waals surface area contributed by atoms with E-state index in [1.54, 1.807) is 0 Å². The number of hydrogen-bond acceptors (Lipinski definition) is 3. The number of aliphatic hydroxyl groups excluding tert-OH is 1. The molecule has 0 radical (unpaired) electrons. The molecule has 1 saturated heterocycles. The second kappa shape index (κ2) is 7.10. The van der Waals surface area contributed by atoms with Crippen molar-refractivity contribution in [2.24, 2.45) is 11.8 Å². The van der Waals surface area contributed by atoms with Gasteiger partial charge in [-0.25, -0.2) is 0 Å². The predicted molar refractivity (Wildman–Crippen MR) is 82.9 cm³/mol. The zero-order valence-corrected chi connectivity index (χ0v) is 13.0. The zero-order valence-electron chi connectivity index (χ0n) is 13.0. The molecule has 1 amide bonds. The monoisotopic (exact) mass is 294 g/mol. The third-order valence-corrected chi connectivity index (χ3v) is 5.94. The predicted octanol–water partition coefficient (Wildman–Crippen LogP) is 1.96. The Labute approximate surface area is 128 Å². The van der Waals surface area contributed by atoms with E-state index in [0.29, 0.717) is 6.04 Å². The van der Waals surface area contributed by atoms with Crippen LogP contribution in [0.2, 0.25) is 0 Å². The van der Waals surface area contributed by atoms with Crippen LogP contribution < -0.4 is 10.6 Å². The molecule has 0 spiro atoms. The minimum Gasteiger partial charge on any atom is -0.396 e. The molecule has 5 unspecified atom stereocenters. The maximum Gasteiger partial charge on any atom is 0.237 e. The molecule has 2 saturated carbocycles. The molecule has 3 aliphatic rings. The fourth-order valence-corrected chi connectivity index (χ4v) is 4.60. The molecule has 120 valence electrons. The third-order valence-electron chi connectivity index (χ3n) is 5.94. The topological polar surface area (TPSA) is 61.4 Å². The number of nitrogens with one attached hydrogen (secondary N) is 2. The molecule has 3 fully saturated rings. The van der Waals surface area contributed by atoms with Crippen LogP contribution in [0.5, 0.6) is 0 Å². The standard InChI is InChI=1S/C17H30N2O2/c20-11-13-6-2-4-8-15(13)19-17(21)16-10-9-12-5-1-3-7-14(12)18-16/h12-16,18,20H,1-11H2,(H,19,21). The van der Waals surface area contributed by atoms with Gasteiger partial charge in [-0.05, 0) is 44.4 Å². The van der Waals surface area contributed by atoms with Crippen molar-refractivity contribution in [2.75, 3.05) is 6.61 Å². The fraction of sp³-hybridized carbons (Fsp3) is 0.941. The normalized spacial score (nSPS) is 40.3. The molecule has 3 N–H and O–H groups in total. The Kier molecular flexibility index (Phi) is 5.17. The number of carbonyl (C=O) groups excluding carboxylic acids is 1. The number of piperidine rings is 1. The van der Waals surface area contributed by atoms with Crippen molar-refractivity contribution >= 4 is 5.91 Å². The van der Waals surface area contributed by atoms with Gasteiger partial charge in [0.05, 0.1) is 6.04 Å². The SMILES string of the molecule is O=C(NC1CCCCC1CO)C1CCC2CCCCC2N1. The van der Waals surface area contributed by atoms with E-state index in [0.717, 1.165) is 25.2 Å². The summed E-state index contributed by atoms with van der Waals surface area (Å²) < 4.78 is 0. The second-order valence-electron chi connectivity index (χ2n) is 7.29. The summed E-state index contributed by atoms with van der Waals surface area (Å²) in [6.07, 6.45) is 11.8. The summed E-state index contributed by atoms with van der Waals surface area (Å²) in [6.45, 7) is 0.202. The number of carbonyl (C=O) groups is 1. The van der Waals surface area contributed by atoms with Gasteiger partial charge < -0.3 is 15.7 Å². The lowest BCUT2D eigenvalue weighted by Crippen LogP contribution is -2.57. The van der Waals surface area contributed by atoms with Crippen LogP contribution in [0.25, 0.3) is 0 Å². The van der Waals surface area contributed by atoms with Gasteiger partial charge >= 0.3 is 0 Å². The zero-order chi connectivity index (χ0) is 14.7. The summed E-state index contributed by atoms with van der Waals surface area (Å²) >= 11 is 0. The molecular formula is C17H30N2O2. The van der Waals surface area contributed by atoms with Gasteiger partial charge in [0.25, 0.3) is 0 Å². The van der Waals surface area contributed by atoms with Gasteiger partial charge in [0, 0.05) is 24.6 Å². The van der Waals surface area contributed by atoms with Gasteiger partial charge in [0.1, 0.15) is 0 Å². The smallest absolute Gasteiger partial charge is 0.237 e. The molecular weight excluding hydrogens is 264 g/mol. The van der Waals surface area contributed by atoms with Crippen molar-refractivity contribution < 1.29 is 9.90 Å². The van der Waals surface area contributed by atoms with Crippen molar-refractivity contribution in [1.29, 1.82) is 0 Å². The average Bonchev–Trinajstić information content (AvgIpc) is 2.55. The lowest BCUT2D eigenvalue weighted by molar-refractivity contribution is -0.126. The first-order chi connectivity index (χ1) is 10.3. The minimum absolute atomic E-state index is 0.00869. The Balaban J connectivity index is 1.53. The van der Waals surface area contributed by atoms with E-state index < -0.39 is 0 Å². The Bertz CT molecular complexity index is 361. The van der Waals surface area contributed by atoms with Gasteiger partial charge in [-0.15, -0.1) is 0 Å². The molecule has 4 nitrogen and oxygen atoms in total. The van der Waals surface area contributed by atoms with Crippen LogP contribution >= 0.6 is 0 Å². The lowest BCUT2D eigenvalue weighted by Gasteiger charge is -2.40. The highest BCUT2D eigenvalue weighted by molar-refractivity contribution is 5.82. The highest BCUT2D eigenvalue weighted by Crippen LogP contribution is 2.32. The van der Waals surface area contributed by atoms with E-state index in [4.69, 9.17) is 0 Å². The Morgan fingerprint density at radius 3 is 2.62 bits per heavy atom. The highest BCUT2D eigenvalue weighted by Gasteiger charge is 2.35. The van der Waals surface area contributed by atoms with Crippen LogP contribution in [-0.4, -0.2) is 35.7 Å². The third kappa shape index (κ3) is 3.59. The van der Waals surface area contributed by atoms with E-state index in [1.165, 1.54) is 44.9 Å². The molecule has 5 atom stereocenters. The molecule has 2 aliphatic carbocycles. The molecule has 3 rings (SSSR count). The van der Waals surface area contributed by atoms with E-state index in [-0.39, 0.29) is 30.5 Å². The summed E-state index contributed by atoms with van der Waals surface area (Å²) in [4.78, 5) is 12.5. The van der Waals surface area contributed by atoms with E-state index in [2.05, 4.69) is 10.6 Å². The van der Waals surface area contributed by atoms with Crippen LogP contribution in [0.4, 0.5) is 0 Å². The highest BCUT2D eigenvalue weighted by atomic mass is 16.3. The van der Waals surface area contributed by atoms with Crippen LogP contribution in [0, 0.1) is 11.8 Å². The van der Waals surface area contributed by atoms with Crippen LogP contribution in [0.3, 0.4) is 0 Å². The molecule has 0 aromatic heterocycles. The maximum atomic E-state index is 12.5. The minimum atomic E-state index is -0.00869. The lowest BCUT2D eigenvalue weighted by atomic mass is 9.77. The Morgan fingerprint density at radius 2 is 1.76 bits per heavy atom. The molecule has 0 aromatic rings. The number of amides is 1. The van der Waals surface area contributed by atoms with Gasteiger partial charge in [-0.3, -0.25) is 4.79 Å². The van der Waals surface area contributed by atoms with Gasteiger partial charge in [0.2, 0.25) is 5.91 Å². The van der Waals surface area contributed by atoms with Crippen LogP contribution in [0.1, 0.15) is 64.2 Å². The maximum absolute atomic E-state index is 12.5. The Hall–Kier alpha value is -0.610. The second-order valence-corrected chi connectivity index (χ2v) is 7.29. The summed E-state index contributed by atoms with van der Waals surface area (Å²) in [6, 6.07) is 0.732. The summed E-state index contributed by atoms with van der Waals surface area (Å²) in [5.74, 6) is 1.22. The molecule has 1 aliphatic heterocycles. The quantitative estimate of drug-likeness (QED) is 0.746.